The van der Waals surface area contributed by atoms with Crippen LogP contribution in [0.3, 0.4) is 0 Å². The van der Waals surface area contributed by atoms with Crippen molar-refractivity contribution in [2.45, 2.75) is 39.4 Å². The van der Waals surface area contributed by atoms with Gasteiger partial charge in [-0.1, -0.05) is 0 Å². The third-order valence-electron chi connectivity index (χ3n) is 2.44. The Kier molecular flexibility index (Phi) is 4.95. The summed E-state index contributed by atoms with van der Waals surface area (Å²) in [5.74, 6) is 0.634. The van der Waals surface area contributed by atoms with Gasteiger partial charge in [0.1, 0.15) is 5.75 Å². The van der Waals surface area contributed by atoms with E-state index >= 15 is 0 Å². The number of likely N-dealkylation sites (N-methyl/N-ethyl adjacent to an activating group) is 1. The number of carbonyl (C=O) groups is 1. The Bertz CT molecular complexity index is 418. The van der Waals surface area contributed by atoms with E-state index < -0.39 is 5.60 Å². The molecule has 1 aromatic rings. The van der Waals surface area contributed by atoms with E-state index in [9.17, 15) is 9.90 Å². The topological polar surface area (TPSA) is 49.8 Å². The van der Waals surface area contributed by atoms with Crippen molar-refractivity contribution in [3.05, 3.63) is 29.8 Å². The predicted molar refractivity (Wildman–Crippen MR) is 75.5 cm³/mol. The Morgan fingerprint density at radius 2 is 1.84 bits per heavy atom. The lowest BCUT2D eigenvalue weighted by atomic mass is 10.1. The summed E-state index contributed by atoms with van der Waals surface area (Å²) in [6.07, 6.45) is 0.111. The van der Waals surface area contributed by atoms with E-state index in [1.165, 1.54) is 4.90 Å². The average Bonchev–Trinajstić information content (AvgIpc) is 2.26. The average molecular weight is 265 g/mol. The second kappa shape index (κ2) is 6.06. The van der Waals surface area contributed by atoms with Gasteiger partial charge in [-0.2, -0.15) is 0 Å². The molecule has 0 aliphatic heterocycles. The molecule has 1 N–H and O–H groups in total. The van der Waals surface area contributed by atoms with Crippen LogP contribution in [0.1, 0.15) is 38.1 Å². The minimum absolute atomic E-state index is 0.111. The molecule has 0 atom stereocenters. The van der Waals surface area contributed by atoms with Gasteiger partial charge >= 0.3 is 0 Å². The van der Waals surface area contributed by atoms with E-state index in [4.69, 9.17) is 4.74 Å². The van der Waals surface area contributed by atoms with Gasteiger partial charge in [-0.05, 0) is 52.0 Å². The molecule has 4 nitrogen and oxygen atoms in total. The molecule has 1 aromatic carbocycles. The van der Waals surface area contributed by atoms with Crippen molar-refractivity contribution >= 4 is 5.91 Å². The van der Waals surface area contributed by atoms with Crippen LogP contribution in [0, 0.1) is 0 Å². The first kappa shape index (κ1) is 15.5. The smallest absolute Gasteiger partial charge is 0.253 e. The summed E-state index contributed by atoms with van der Waals surface area (Å²) >= 11 is 0. The molecule has 0 spiro atoms. The fourth-order valence-corrected chi connectivity index (χ4v) is 1.82. The van der Waals surface area contributed by atoms with Crippen molar-refractivity contribution in [2.24, 2.45) is 0 Å². The number of benzene rings is 1. The van der Waals surface area contributed by atoms with Gasteiger partial charge in [0.05, 0.1) is 11.7 Å². The van der Waals surface area contributed by atoms with Gasteiger partial charge in [-0.3, -0.25) is 4.79 Å². The summed E-state index contributed by atoms with van der Waals surface area (Å²) in [6, 6.07) is 7.04. The van der Waals surface area contributed by atoms with Crippen LogP contribution in [0.5, 0.6) is 5.75 Å². The highest BCUT2D eigenvalue weighted by Crippen LogP contribution is 2.15. The zero-order valence-corrected chi connectivity index (χ0v) is 12.3. The Labute approximate surface area is 115 Å². The maximum absolute atomic E-state index is 12.1. The van der Waals surface area contributed by atoms with Gasteiger partial charge in [0.25, 0.3) is 5.91 Å². The minimum atomic E-state index is -0.898. The molecular formula is C15H23NO3. The molecule has 0 aliphatic rings. The monoisotopic (exact) mass is 265 g/mol. The summed E-state index contributed by atoms with van der Waals surface area (Å²) in [5.41, 5.74) is -0.312. The lowest BCUT2D eigenvalue weighted by Gasteiger charge is -2.25. The lowest BCUT2D eigenvalue weighted by molar-refractivity contribution is 0.0368. The first-order valence-electron chi connectivity index (χ1n) is 6.43. The predicted octanol–water partition coefficient (Wildman–Crippen LogP) is 2.32. The third-order valence-corrected chi connectivity index (χ3v) is 2.44. The highest BCUT2D eigenvalue weighted by atomic mass is 16.5. The van der Waals surface area contributed by atoms with Crippen molar-refractivity contribution in [3.8, 4) is 5.75 Å². The normalized spacial score (nSPS) is 11.5. The Balaban J connectivity index is 2.72. The quantitative estimate of drug-likeness (QED) is 0.889. The van der Waals surface area contributed by atoms with E-state index in [-0.39, 0.29) is 18.6 Å². The molecule has 0 fully saturated rings. The minimum Gasteiger partial charge on any atom is -0.491 e. The van der Waals surface area contributed by atoms with Crippen molar-refractivity contribution in [2.75, 3.05) is 13.6 Å². The molecule has 0 aromatic heterocycles. The van der Waals surface area contributed by atoms with Gasteiger partial charge in [0, 0.05) is 19.2 Å². The zero-order chi connectivity index (χ0) is 14.6. The maximum atomic E-state index is 12.1. The number of hydrogen-bond acceptors (Lipinski definition) is 3. The van der Waals surface area contributed by atoms with Crippen LogP contribution in [-0.4, -0.2) is 41.2 Å². The van der Waals surface area contributed by atoms with Gasteiger partial charge in [0.2, 0.25) is 0 Å². The van der Waals surface area contributed by atoms with Crippen molar-refractivity contribution < 1.29 is 14.6 Å². The van der Waals surface area contributed by atoms with Crippen LogP contribution >= 0.6 is 0 Å². The molecule has 0 bridgehead atoms. The summed E-state index contributed by atoms with van der Waals surface area (Å²) in [7, 11) is 1.68. The largest absolute Gasteiger partial charge is 0.491 e. The molecule has 19 heavy (non-hydrogen) atoms. The lowest BCUT2D eigenvalue weighted by Crippen LogP contribution is -2.39. The van der Waals surface area contributed by atoms with E-state index in [1.54, 1.807) is 45.2 Å². The van der Waals surface area contributed by atoms with Gasteiger partial charge in [-0.15, -0.1) is 0 Å². The molecular weight excluding hydrogens is 242 g/mol. The number of carbonyl (C=O) groups excluding carboxylic acids is 1. The van der Waals surface area contributed by atoms with Crippen LogP contribution in [0.2, 0.25) is 0 Å². The second-order valence-corrected chi connectivity index (χ2v) is 5.66. The van der Waals surface area contributed by atoms with E-state index in [0.717, 1.165) is 5.75 Å². The molecule has 0 unspecified atom stereocenters. The molecule has 1 rings (SSSR count). The Hall–Kier alpha value is -1.55. The van der Waals surface area contributed by atoms with Crippen LogP contribution < -0.4 is 4.74 Å². The summed E-state index contributed by atoms with van der Waals surface area (Å²) < 4.78 is 5.53. The number of amides is 1. The van der Waals surface area contributed by atoms with Crippen molar-refractivity contribution in [3.63, 3.8) is 0 Å². The number of ether oxygens (including phenoxy) is 1. The number of nitrogens with zero attached hydrogens (tertiary/aromatic N) is 1. The fraction of sp³-hybridized carbons (Fsp3) is 0.533. The van der Waals surface area contributed by atoms with E-state index in [1.807, 2.05) is 13.8 Å². The van der Waals surface area contributed by atoms with Gasteiger partial charge in [-0.25, -0.2) is 0 Å². The molecule has 0 radical (unpaired) electrons. The SMILES string of the molecule is CC(C)Oc1ccc(C(=O)N(C)CC(C)(C)O)cc1. The van der Waals surface area contributed by atoms with Crippen molar-refractivity contribution in [1.82, 2.24) is 4.90 Å². The van der Waals surface area contributed by atoms with Gasteiger partial charge < -0.3 is 14.7 Å². The molecule has 0 saturated carbocycles. The number of aliphatic hydroxyl groups is 1. The fourth-order valence-electron chi connectivity index (χ4n) is 1.82. The molecule has 106 valence electrons. The van der Waals surface area contributed by atoms with Gasteiger partial charge in [0.15, 0.2) is 0 Å². The van der Waals surface area contributed by atoms with E-state index in [0.29, 0.717) is 5.56 Å². The van der Waals surface area contributed by atoms with Crippen LogP contribution in [0.25, 0.3) is 0 Å². The highest BCUT2D eigenvalue weighted by molar-refractivity contribution is 5.94. The Morgan fingerprint density at radius 3 is 2.26 bits per heavy atom. The van der Waals surface area contributed by atoms with Crippen molar-refractivity contribution in [1.29, 1.82) is 0 Å². The second-order valence-electron chi connectivity index (χ2n) is 5.66. The van der Waals surface area contributed by atoms with Crippen LogP contribution in [0.4, 0.5) is 0 Å². The molecule has 1 amide bonds. The Morgan fingerprint density at radius 1 is 1.32 bits per heavy atom. The summed E-state index contributed by atoms with van der Waals surface area (Å²) in [4.78, 5) is 13.6. The molecule has 4 heteroatoms. The molecule has 0 saturated heterocycles. The zero-order valence-electron chi connectivity index (χ0n) is 12.3. The third kappa shape index (κ3) is 5.30. The van der Waals surface area contributed by atoms with Crippen LogP contribution in [-0.2, 0) is 0 Å². The summed E-state index contributed by atoms with van der Waals surface area (Å²) in [5, 5.41) is 9.71. The summed E-state index contributed by atoms with van der Waals surface area (Å²) in [6.45, 7) is 7.55. The number of hydrogen-bond donors (Lipinski definition) is 1. The number of rotatable bonds is 5. The molecule has 0 aliphatic carbocycles. The highest BCUT2D eigenvalue weighted by Gasteiger charge is 2.20. The first-order chi connectivity index (χ1) is 8.69. The van der Waals surface area contributed by atoms with E-state index in [2.05, 4.69) is 0 Å². The first-order valence-corrected chi connectivity index (χ1v) is 6.43. The molecule has 0 heterocycles. The maximum Gasteiger partial charge on any atom is 0.253 e. The standard InChI is InChI=1S/C15H23NO3/c1-11(2)19-13-8-6-12(7-9-13)14(17)16(5)10-15(3,4)18/h6-9,11,18H,10H2,1-5H3. The van der Waals surface area contributed by atoms with Crippen LogP contribution in [0.15, 0.2) is 24.3 Å².